The molecule has 3 heteroatoms. The largest absolute Gasteiger partial charge is 0.494 e. The molecule has 16 heavy (non-hydrogen) atoms. The fourth-order valence-electron chi connectivity index (χ4n) is 1.46. The van der Waals surface area contributed by atoms with Crippen molar-refractivity contribution in [3.05, 3.63) is 29.8 Å². The van der Waals surface area contributed by atoms with Crippen LogP contribution in [0.25, 0.3) is 0 Å². The predicted molar refractivity (Wildman–Crippen MR) is 65.5 cm³/mol. The minimum atomic E-state index is -0.297. The Morgan fingerprint density at radius 3 is 2.50 bits per heavy atom. The van der Waals surface area contributed by atoms with Gasteiger partial charge in [-0.25, -0.2) is 0 Å². The van der Waals surface area contributed by atoms with Gasteiger partial charge in [-0.3, -0.25) is 0 Å². The van der Waals surface area contributed by atoms with Gasteiger partial charge in [0.15, 0.2) is 0 Å². The van der Waals surface area contributed by atoms with Gasteiger partial charge in [0.25, 0.3) is 0 Å². The van der Waals surface area contributed by atoms with E-state index in [-0.39, 0.29) is 12.6 Å². The molecule has 0 aliphatic carbocycles. The quantitative estimate of drug-likeness (QED) is 0.697. The van der Waals surface area contributed by atoms with Gasteiger partial charge in [0.1, 0.15) is 5.75 Å². The molecule has 3 nitrogen and oxygen atoms in total. The molecule has 0 radical (unpaired) electrons. The second kappa shape index (κ2) is 7.25. The van der Waals surface area contributed by atoms with Crippen molar-refractivity contribution in [2.24, 2.45) is 5.73 Å². The van der Waals surface area contributed by atoms with Crippen molar-refractivity contribution in [1.82, 2.24) is 0 Å². The summed E-state index contributed by atoms with van der Waals surface area (Å²) in [7, 11) is 0. The summed E-state index contributed by atoms with van der Waals surface area (Å²) in [5.41, 5.74) is 6.63. The Balaban J connectivity index is 2.39. The first-order valence-electron chi connectivity index (χ1n) is 5.87. The summed E-state index contributed by atoms with van der Waals surface area (Å²) in [6.45, 7) is 2.90. The predicted octanol–water partition coefficient (Wildman–Crippen LogP) is 2.25. The van der Waals surface area contributed by atoms with Gasteiger partial charge in [-0.15, -0.1) is 0 Å². The van der Waals surface area contributed by atoms with Gasteiger partial charge < -0.3 is 15.6 Å². The number of nitrogens with two attached hydrogens (primary N) is 1. The third kappa shape index (κ3) is 4.21. The molecule has 1 rings (SSSR count). The molecular weight excluding hydrogens is 202 g/mol. The minimum absolute atomic E-state index is 0.0310. The van der Waals surface area contributed by atoms with Crippen LogP contribution < -0.4 is 10.5 Å². The van der Waals surface area contributed by atoms with E-state index in [0.29, 0.717) is 0 Å². The summed E-state index contributed by atoms with van der Waals surface area (Å²) < 4.78 is 5.57. The Hall–Kier alpha value is -1.06. The molecule has 1 aromatic carbocycles. The van der Waals surface area contributed by atoms with E-state index < -0.39 is 0 Å². The second-order valence-electron chi connectivity index (χ2n) is 3.91. The highest BCUT2D eigenvalue weighted by Gasteiger charge is 2.03. The van der Waals surface area contributed by atoms with Crippen LogP contribution in [0, 0.1) is 0 Å². The summed E-state index contributed by atoms with van der Waals surface area (Å²) in [5, 5.41) is 8.90. The van der Waals surface area contributed by atoms with Gasteiger partial charge in [0, 0.05) is 0 Å². The van der Waals surface area contributed by atoms with E-state index in [1.54, 1.807) is 0 Å². The number of aliphatic hydroxyl groups is 1. The monoisotopic (exact) mass is 223 g/mol. The fourth-order valence-corrected chi connectivity index (χ4v) is 1.46. The zero-order valence-corrected chi connectivity index (χ0v) is 9.86. The number of unbranched alkanes of at least 4 members (excludes halogenated alkanes) is 2. The van der Waals surface area contributed by atoms with Crippen molar-refractivity contribution in [2.45, 2.75) is 32.2 Å². The maximum Gasteiger partial charge on any atom is 0.119 e. The lowest BCUT2D eigenvalue weighted by molar-refractivity contribution is 0.267. The molecule has 0 aliphatic heterocycles. The fraction of sp³-hybridized carbons (Fsp3) is 0.538. The van der Waals surface area contributed by atoms with Gasteiger partial charge in [0.2, 0.25) is 0 Å². The van der Waals surface area contributed by atoms with Crippen LogP contribution in [0.4, 0.5) is 0 Å². The van der Waals surface area contributed by atoms with Crippen molar-refractivity contribution in [2.75, 3.05) is 13.2 Å². The highest BCUT2D eigenvalue weighted by Crippen LogP contribution is 2.16. The molecule has 1 atom stereocenters. The summed E-state index contributed by atoms with van der Waals surface area (Å²) in [6, 6.07) is 7.30. The maximum atomic E-state index is 8.90. The van der Waals surface area contributed by atoms with Crippen LogP contribution in [0.3, 0.4) is 0 Å². The molecule has 3 N–H and O–H groups in total. The third-order valence-electron chi connectivity index (χ3n) is 2.52. The zero-order chi connectivity index (χ0) is 11.8. The van der Waals surface area contributed by atoms with E-state index in [1.165, 1.54) is 12.8 Å². The van der Waals surface area contributed by atoms with Gasteiger partial charge in [-0.1, -0.05) is 31.9 Å². The van der Waals surface area contributed by atoms with Crippen LogP contribution >= 0.6 is 0 Å². The standard InChI is InChI=1S/C13H21NO2/c1-2-3-4-9-16-12-7-5-11(6-8-12)13(14)10-15/h5-8,13,15H,2-4,9-10,14H2,1H3. The normalized spacial score (nSPS) is 12.4. The Morgan fingerprint density at radius 1 is 1.25 bits per heavy atom. The minimum Gasteiger partial charge on any atom is -0.494 e. The molecule has 0 saturated carbocycles. The van der Waals surface area contributed by atoms with E-state index in [1.807, 2.05) is 24.3 Å². The molecule has 0 fully saturated rings. The first-order valence-corrected chi connectivity index (χ1v) is 5.87. The first kappa shape index (κ1) is 13.0. The maximum absolute atomic E-state index is 8.90. The Morgan fingerprint density at radius 2 is 1.94 bits per heavy atom. The van der Waals surface area contributed by atoms with Crippen molar-refractivity contribution >= 4 is 0 Å². The lowest BCUT2D eigenvalue weighted by atomic mass is 10.1. The van der Waals surface area contributed by atoms with Crippen LogP contribution in [0.5, 0.6) is 5.75 Å². The van der Waals surface area contributed by atoms with E-state index in [0.717, 1.165) is 24.3 Å². The smallest absolute Gasteiger partial charge is 0.119 e. The molecule has 1 aromatic rings. The number of rotatable bonds is 7. The van der Waals surface area contributed by atoms with Gasteiger partial charge in [-0.05, 0) is 24.1 Å². The molecule has 0 spiro atoms. The van der Waals surface area contributed by atoms with Crippen LogP contribution in [0.1, 0.15) is 37.8 Å². The molecule has 0 amide bonds. The number of hydrogen-bond donors (Lipinski definition) is 2. The van der Waals surface area contributed by atoms with E-state index in [2.05, 4.69) is 6.92 Å². The molecule has 0 aliphatic rings. The topological polar surface area (TPSA) is 55.5 Å². The first-order chi connectivity index (χ1) is 7.77. The second-order valence-corrected chi connectivity index (χ2v) is 3.91. The van der Waals surface area contributed by atoms with Crippen molar-refractivity contribution in [3.63, 3.8) is 0 Å². The molecule has 0 bridgehead atoms. The lowest BCUT2D eigenvalue weighted by Gasteiger charge is -2.10. The highest BCUT2D eigenvalue weighted by molar-refractivity contribution is 5.29. The average molecular weight is 223 g/mol. The molecule has 90 valence electrons. The van der Waals surface area contributed by atoms with Crippen LogP contribution in [0.15, 0.2) is 24.3 Å². The van der Waals surface area contributed by atoms with E-state index >= 15 is 0 Å². The summed E-state index contributed by atoms with van der Waals surface area (Å²) in [4.78, 5) is 0. The number of hydrogen-bond acceptors (Lipinski definition) is 3. The summed E-state index contributed by atoms with van der Waals surface area (Å²) in [6.07, 6.45) is 3.50. The van der Waals surface area contributed by atoms with Crippen molar-refractivity contribution in [3.8, 4) is 5.75 Å². The number of benzene rings is 1. The van der Waals surface area contributed by atoms with Crippen LogP contribution in [0.2, 0.25) is 0 Å². The molecule has 0 heterocycles. The highest BCUT2D eigenvalue weighted by atomic mass is 16.5. The van der Waals surface area contributed by atoms with Crippen molar-refractivity contribution < 1.29 is 9.84 Å². The van der Waals surface area contributed by atoms with Gasteiger partial charge >= 0.3 is 0 Å². The summed E-state index contributed by atoms with van der Waals surface area (Å²) >= 11 is 0. The number of ether oxygens (including phenoxy) is 1. The van der Waals surface area contributed by atoms with E-state index in [4.69, 9.17) is 15.6 Å². The zero-order valence-electron chi connectivity index (χ0n) is 9.86. The lowest BCUT2D eigenvalue weighted by Crippen LogP contribution is -2.14. The molecule has 0 saturated heterocycles. The van der Waals surface area contributed by atoms with Gasteiger partial charge in [-0.2, -0.15) is 0 Å². The average Bonchev–Trinajstić information content (AvgIpc) is 2.34. The van der Waals surface area contributed by atoms with E-state index in [9.17, 15) is 0 Å². The Labute approximate surface area is 97.2 Å². The molecular formula is C13H21NO2. The Kier molecular flexibility index (Phi) is 5.90. The molecule has 0 aromatic heterocycles. The Bertz CT molecular complexity index is 284. The van der Waals surface area contributed by atoms with Crippen LogP contribution in [-0.2, 0) is 0 Å². The SMILES string of the molecule is CCCCCOc1ccc(C(N)CO)cc1. The van der Waals surface area contributed by atoms with Crippen molar-refractivity contribution in [1.29, 1.82) is 0 Å². The molecule has 1 unspecified atom stereocenters. The van der Waals surface area contributed by atoms with Crippen LogP contribution in [-0.4, -0.2) is 18.3 Å². The third-order valence-corrected chi connectivity index (χ3v) is 2.52. The number of aliphatic hydroxyl groups excluding tert-OH is 1. The summed E-state index contributed by atoms with van der Waals surface area (Å²) in [5.74, 6) is 0.866. The van der Waals surface area contributed by atoms with Gasteiger partial charge in [0.05, 0.1) is 19.3 Å².